The monoisotopic (exact) mass is 481 g/mol. The number of aryl methyl sites for hydroxylation is 1. The molecule has 0 aliphatic rings. The molecule has 4 rings (SSSR count). The van der Waals surface area contributed by atoms with Gasteiger partial charge in [-0.2, -0.15) is 13.2 Å². The van der Waals surface area contributed by atoms with E-state index in [9.17, 15) is 18.0 Å². The zero-order valence-corrected chi connectivity index (χ0v) is 18.8. The van der Waals surface area contributed by atoms with Crippen LogP contribution in [0, 0.1) is 6.92 Å². The molecule has 0 saturated heterocycles. The Morgan fingerprint density at radius 3 is 2.34 bits per heavy atom. The van der Waals surface area contributed by atoms with Crippen LogP contribution in [0.4, 0.5) is 19.0 Å². The van der Waals surface area contributed by atoms with Crippen molar-refractivity contribution in [3.8, 4) is 22.9 Å². The molecule has 0 unspecified atom stereocenters. The second-order valence-electron chi connectivity index (χ2n) is 7.83. The lowest BCUT2D eigenvalue weighted by Crippen LogP contribution is -2.25. The number of hydrogen-bond acceptors (Lipinski definition) is 6. The molecule has 0 atom stereocenters. The van der Waals surface area contributed by atoms with Crippen LogP contribution in [0.2, 0.25) is 0 Å². The third kappa shape index (κ3) is 6.23. The van der Waals surface area contributed by atoms with Gasteiger partial charge in [0, 0.05) is 36.0 Å². The summed E-state index contributed by atoms with van der Waals surface area (Å²) in [6.07, 6.45) is -3.06. The highest BCUT2D eigenvalue weighted by molar-refractivity contribution is 5.94. The third-order valence-electron chi connectivity index (χ3n) is 5.12. The van der Waals surface area contributed by atoms with Gasteiger partial charge < -0.3 is 15.1 Å². The van der Waals surface area contributed by atoms with E-state index in [1.807, 2.05) is 31.2 Å². The van der Waals surface area contributed by atoms with E-state index in [4.69, 9.17) is 4.42 Å². The maximum absolute atomic E-state index is 12.6. The minimum absolute atomic E-state index is 0.241. The first-order valence-corrected chi connectivity index (χ1v) is 10.9. The molecule has 35 heavy (non-hydrogen) atoms. The minimum Gasteiger partial charge on any atom is -0.416 e. The summed E-state index contributed by atoms with van der Waals surface area (Å²) in [4.78, 5) is 16.1. The fourth-order valence-electron chi connectivity index (χ4n) is 3.27. The predicted octanol–water partition coefficient (Wildman–Crippen LogP) is 5.36. The van der Waals surface area contributed by atoms with E-state index in [0.717, 1.165) is 23.4 Å². The highest BCUT2D eigenvalue weighted by Gasteiger charge is 2.30. The number of carbonyl (C=O) groups is 1. The van der Waals surface area contributed by atoms with Crippen molar-refractivity contribution in [2.75, 3.05) is 18.4 Å². The Bertz CT molecular complexity index is 1290. The molecule has 10 heteroatoms. The Kier molecular flexibility index (Phi) is 7.09. The lowest BCUT2D eigenvalue weighted by Gasteiger charge is -2.09. The van der Waals surface area contributed by atoms with Crippen molar-refractivity contribution >= 4 is 11.7 Å². The number of hydrogen-bond donors (Lipinski definition) is 2. The summed E-state index contributed by atoms with van der Waals surface area (Å²) in [7, 11) is 0. The van der Waals surface area contributed by atoms with Gasteiger partial charge in [-0.1, -0.05) is 17.7 Å². The van der Waals surface area contributed by atoms with Gasteiger partial charge >= 0.3 is 6.18 Å². The topological polar surface area (TPSA) is 92.9 Å². The standard InChI is InChI=1S/C25H22F3N5O2/c1-16-4-2-5-19(14-16)24-33-32-23(35-24)18-8-6-17(7-9-18)22(34)30-13-3-12-29-21-11-10-20(15-31-21)25(26,27)28/h2,4-11,14-15H,3,12-13H2,1H3,(H,29,31)(H,30,34). The largest absolute Gasteiger partial charge is 0.417 e. The van der Waals surface area contributed by atoms with E-state index in [0.29, 0.717) is 48.2 Å². The van der Waals surface area contributed by atoms with E-state index in [-0.39, 0.29) is 5.91 Å². The van der Waals surface area contributed by atoms with Crippen molar-refractivity contribution in [1.82, 2.24) is 20.5 Å². The fraction of sp³-hybridized carbons (Fsp3) is 0.200. The van der Waals surface area contributed by atoms with Gasteiger partial charge in [0.15, 0.2) is 0 Å². The van der Waals surface area contributed by atoms with Gasteiger partial charge in [0.1, 0.15) is 5.82 Å². The molecule has 0 radical (unpaired) electrons. The Labute approximate surface area is 199 Å². The van der Waals surface area contributed by atoms with Crippen molar-refractivity contribution in [3.05, 3.63) is 83.6 Å². The number of aromatic nitrogens is 3. The predicted molar refractivity (Wildman–Crippen MR) is 125 cm³/mol. The van der Waals surface area contributed by atoms with Crippen LogP contribution in [0.5, 0.6) is 0 Å². The molecule has 0 fully saturated rings. The normalized spacial score (nSPS) is 11.3. The number of anilines is 1. The number of amides is 1. The summed E-state index contributed by atoms with van der Waals surface area (Å²) in [6, 6.07) is 16.8. The highest BCUT2D eigenvalue weighted by Crippen LogP contribution is 2.29. The molecule has 0 aliphatic carbocycles. The SMILES string of the molecule is Cc1cccc(-c2nnc(-c3ccc(C(=O)NCCCNc4ccc(C(F)(F)F)cn4)cc3)o2)c1. The van der Waals surface area contributed by atoms with Gasteiger partial charge in [-0.25, -0.2) is 4.98 Å². The van der Waals surface area contributed by atoms with Gasteiger partial charge in [-0.05, 0) is 61.9 Å². The van der Waals surface area contributed by atoms with E-state index in [2.05, 4.69) is 25.8 Å². The number of nitrogens with zero attached hydrogens (tertiary/aromatic N) is 3. The molecule has 0 bridgehead atoms. The number of alkyl halides is 3. The van der Waals surface area contributed by atoms with Crippen molar-refractivity contribution in [2.45, 2.75) is 19.5 Å². The molecule has 4 aromatic rings. The Morgan fingerprint density at radius 2 is 1.69 bits per heavy atom. The van der Waals surface area contributed by atoms with Crippen LogP contribution in [0.1, 0.15) is 27.9 Å². The number of carbonyl (C=O) groups excluding carboxylic acids is 1. The summed E-state index contributed by atoms with van der Waals surface area (Å²) >= 11 is 0. The molecule has 0 spiro atoms. The highest BCUT2D eigenvalue weighted by atomic mass is 19.4. The zero-order chi connectivity index (χ0) is 24.8. The van der Waals surface area contributed by atoms with Crippen LogP contribution >= 0.6 is 0 Å². The Balaban J connectivity index is 1.24. The van der Waals surface area contributed by atoms with Crippen molar-refractivity contribution in [3.63, 3.8) is 0 Å². The second-order valence-corrected chi connectivity index (χ2v) is 7.83. The summed E-state index contributed by atoms with van der Waals surface area (Å²) < 4.78 is 43.5. The summed E-state index contributed by atoms with van der Waals surface area (Å²) in [5.41, 5.74) is 2.30. The van der Waals surface area contributed by atoms with E-state index in [1.54, 1.807) is 24.3 Å². The first kappa shape index (κ1) is 23.9. The first-order chi connectivity index (χ1) is 16.8. The number of benzene rings is 2. The third-order valence-corrected chi connectivity index (χ3v) is 5.12. The molecule has 0 saturated carbocycles. The first-order valence-electron chi connectivity index (χ1n) is 10.9. The second kappa shape index (κ2) is 10.4. The molecule has 2 aromatic heterocycles. The lowest BCUT2D eigenvalue weighted by molar-refractivity contribution is -0.137. The molecular formula is C25H22F3N5O2. The molecule has 7 nitrogen and oxygen atoms in total. The average Bonchev–Trinajstić information content (AvgIpc) is 3.34. The van der Waals surface area contributed by atoms with Crippen molar-refractivity contribution < 1.29 is 22.4 Å². The van der Waals surface area contributed by atoms with Gasteiger partial charge in [0.2, 0.25) is 11.8 Å². The Hall–Kier alpha value is -4.21. The number of pyridine rings is 1. The fourth-order valence-corrected chi connectivity index (χ4v) is 3.27. The maximum Gasteiger partial charge on any atom is 0.417 e. The molecule has 180 valence electrons. The number of halogens is 3. The van der Waals surface area contributed by atoms with Gasteiger partial charge in [0.05, 0.1) is 5.56 Å². The quantitative estimate of drug-likeness (QED) is 0.329. The molecule has 2 aromatic carbocycles. The zero-order valence-electron chi connectivity index (χ0n) is 18.8. The maximum atomic E-state index is 12.6. The summed E-state index contributed by atoms with van der Waals surface area (Å²) in [6.45, 7) is 2.81. The van der Waals surface area contributed by atoms with E-state index >= 15 is 0 Å². The van der Waals surface area contributed by atoms with Crippen LogP contribution in [0.3, 0.4) is 0 Å². The molecular weight excluding hydrogens is 459 g/mol. The van der Waals surface area contributed by atoms with Gasteiger partial charge in [0.25, 0.3) is 5.91 Å². The lowest BCUT2D eigenvalue weighted by atomic mass is 10.1. The van der Waals surface area contributed by atoms with Crippen molar-refractivity contribution in [1.29, 1.82) is 0 Å². The number of nitrogens with one attached hydrogen (secondary N) is 2. The molecule has 2 heterocycles. The smallest absolute Gasteiger partial charge is 0.416 e. The molecule has 2 N–H and O–H groups in total. The van der Waals surface area contributed by atoms with Crippen LogP contribution < -0.4 is 10.6 Å². The molecule has 1 amide bonds. The van der Waals surface area contributed by atoms with Crippen LogP contribution in [-0.2, 0) is 6.18 Å². The summed E-state index contributed by atoms with van der Waals surface area (Å²) in [5.74, 6) is 0.878. The van der Waals surface area contributed by atoms with Gasteiger partial charge in [-0.15, -0.1) is 10.2 Å². The summed E-state index contributed by atoms with van der Waals surface area (Å²) in [5, 5.41) is 13.9. The van der Waals surface area contributed by atoms with Crippen LogP contribution in [0.15, 0.2) is 71.3 Å². The van der Waals surface area contributed by atoms with Crippen LogP contribution in [-0.4, -0.2) is 34.2 Å². The Morgan fingerprint density at radius 1 is 0.943 bits per heavy atom. The van der Waals surface area contributed by atoms with E-state index < -0.39 is 11.7 Å². The number of rotatable bonds is 8. The minimum atomic E-state index is -4.41. The van der Waals surface area contributed by atoms with Crippen molar-refractivity contribution in [2.24, 2.45) is 0 Å². The van der Waals surface area contributed by atoms with E-state index in [1.165, 1.54) is 6.07 Å². The van der Waals surface area contributed by atoms with Gasteiger partial charge in [-0.3, -0.25) is 4.79 Å². The van der Waals surface area contributed by atoms with Crippen LogP contribution in [0.25, 0.3) is 22.9 Å². The molecule has 0 aliphatic heterocycles. The average molecular weight is 481 g/mol.